The number of aryl methyl sites for hydroxylation is 1. The number of rotatable bonds is 2. The summed E-state index contributed by atoms with van der Waals surface area (Å²) in [4.78, 5) is 0. The predicted octanol–water partition coefficient (Wildman–Crippen LogP) is 2.41. The standard InChI is InChI=1S/C11H14ClN/c1-8-4-9(2-3-11(8)12)5-10-6-13-7-10/h2-4,10,13H,5-7H2,1H3. The molecule has 1 N–H and O–H groups in total. The average molecular weight is 196 g/mol. The molecule has 2 rings (SSSR count). The summed E-state index contributed by atoms with van der Waals surface area (Å²) in [7, 11) is 0. The zero-order chi connectivity index (χ0) is 9.26. The first-order chi connectivity index (χ1) is 6.25. The number of nitrogens with one attached hydrogen (secondary N) is 1. The van der Waals surface area contributed by atoms with E-state index in [1.165, 1.54) is 30.6 Å². The first-order valence-corrected chi connectivity index (χ1v) is 5.09. The van der Waals surface area contributed by atoms with Crippen molar-refractivity contribution in [3.05, 3.63) is 34.3 Å². The molecule has 0 unspecified atom stereocenters. The van der Waals surface area contributed by atoms with E-state index in [1.807, 2.05) is 6.07 Å². The first kappa shape index (κ1) is 9.04. The van der Waals surface area contributed by atoms with E-state index in [0.29, 0.717) is 0 Å². The molecule has 0 bridgehead atoms. The molecule has 0 spiro atoms. The molecule has 0 aromatic heterocycles. The second-order valence-corrected chi connectivity index (χ2v) is 4.22. The molecule has 1 aliphatic heterocycles. The summed E-state index contributed by atoms with van der Waals surface area (Å²) >= 11 is 5.95. The van der Waals surface area contributed by atoms with Crippen molar-refractivity contribution in [3.8, 4) is 0 Å². The van der Waals surface area contributed by atoms with Crippen molar-refractivity contribution in [1.29, 1.82) is 0 Å². The van der Waals surface area contributed by atoms with Gasteiger partial charge in [-0.1, -0.05) is 23.7 Å². The number of halogens is 1. The van der Waals surface area contributed by atoms with Gasteiger partial charge in [0.15, 0.2) is 0 Å². The molecule has 0 radical (unpaired) electrons. The monoisotopic (exact) mass is 195 g/mol. The molecule has 1 fully saturated rings. The van der Waals surface area contributed by atoms with Crippen LogP contribution in [0.25, 0.3) is 0 Å². The van der Waals surface area contributed by atoms with Gasteiger partial charge in [0, 0.05) is 5.02 Å². The molecule has 2 heteroatoms. The van der Waals surface area contributed by atoms with Crippen LogP contribution in [0, 0.1) is 12.8 Å². The maximum absolute atomic E-state index is 5.95. The molecule has 0 aliphatic carbocycles. The zero-order valence-corrected chi connectivity index (χ0v) is 8.56. The van der Waals surface area contributed by atoms with Crippen LogP contribution in [0.5, 0.6) is 0 Å². The lowest BCUT2D eigenvalue weighted by Crippen LogP contribution is -2.43. The SMILES string of the molecule is Cc1cc(CC2CNC2)ccc1Cl. The highest BCUT2D eigenvalue weighted by molar-refractivity contribution is 6.31. The lowest BCUT2D eigenvalue weighted by Gasteiger charge is -2.27. The van der Waals surface area contributed by atoms with Gasteiger partial charge in [0.25, 0.3) is 0 Å². The minimum atomic E-state index is 0.834. The summed E-state index contributed by atoms with van der Waals surface area (Å²) in [5.74, 6) is 0.834. The Labute approximate surface area is 84.1 Å². The lowest BCUT2D eigenvalue weighted by molar-refractivity contribution is 0.346. The van der Waals surface area contributed by atoms with Crippen LogP contribution in [0.4, 0.5) is 0 Å². The predicted molar refractivity (Wildman–Crippen MR) is 56.3 cm³/mol. The highest BCUT2D eigenvalue weighted by atomic mass is 35.5. The van der Waals surface area contributed by atoms with Gasteiger partial charge in [-0.2, -0.15) is 0 Å². The molecule has 0 atom stereocenters. The fourth-order valence-corrected chi connectivity index (χ4v) is 1.78. The van der Waals surface area contributed by atoms with Crippen LogP contribution in [0.3, 0.4) is 0 Å². The van der Waals surface area contributed by atoms with Crippen LogP contribution in [0.1, 0.15) is 11.1 Å². The molecular formula is C11H14ClN. The van der Waals surface area contributed by atoms with Crippen molar-refractivity contribution >= 4 is 11.6 Å². The van der Waals surface area contributed by atoms with E-state index in [1.54, 1.807) is 0 Å². The van der Waals surface area contributed by atoms with Crippen molar-refractivity contribution < 1.29 is 0 Å². The van der Waals surface area contributed by atoms with E-state index >= 15 is 0 Å². The summed E-state index contributed by atoms with van der Waals surface area (Å²) in [6.45, 7) is 4.40. The summed E-state index contributed by atoms with van der Waals surface area (Å²) in [6, 6.07) is 6.33. The molecule has 0 saturated carbocycles. The highest BCUT2D eigenvalue weighted by Crippen LogP contribution is 2.19. The van der Waals surface area contributed by atoms with Crippen molar-refractivity contribution in [2.45, 2.75) is 13.3 Å². The molecule has 1 aromatic rings. The topological polar surface area (TPSA) is 12.0 Å². The van der Waals surface area contributed by atoms with Crippen LogP contribution in [-0.4, -0.2) is 13.1 Å². The summed E-state index contributed by atoms with van der Waals surface area (Å²) < 4.78 is 0. The average Bonchev–Trinajstić information content (AvgIpc) is 2.04. The zero-order valence-electron chi connectivity index (χ0n) is 7.81. The molecule has 1 saturated heterocycles. The summed E-state index contributed by atoms with van der Waals surface area (Å²) in [5.41, 5.74) is 2.60. The van der Waals surface area contributed by atoms with E-state index < -0.39 is 0 Å². The quantitative estimate of drug-likeness (QED) is 0.765. The van der Waals surface area contributed by atoms with Gasteiger partial charge in [-0.25, -0.2) is 0 Å². The third-order valence-corrected chi connectivity index (χ3v) is 3.04. The number of hydrogen-bond donors (Lipinski definition) is 1. The van der Waals surface area contributed by atoms with Crippen LogP contribution in [0.2, 0.25) is 5.02 Å². The number of hydrogen-bond acceptors (Lipinski definition) is 1. The Hall–Kier alpha value is -0.530. The maximum Gasteiger partial charge on any atom is 0.0435 e. The smallest absolute Gasteiger partial charge is 0.0435 e. The largest absolute Gasteiger partial charge is 0.316 e. The summed E-state index contributed by atoms with van der Waals surface area (Å²) in [5, 5.41) is 4.15. The molecule has 1 heterocycles. The van der Waals surface area contributed by atoms with Gasteiger partial charge in [-0.05, 0) is 49.5 Å². The third kappa shape index (κ3) is 2.04. The minimum absolute atomic E-state index is 0.834. The molecule has 13 heavy (non-hydrogen) atoms. The van der Waals surface area contributed by atoms with E-state index in [0.717, 1.165) is 10.9 Å². The normalized spacial score (nSPS) is 17.1. The van der Waals surface area contributed by atoms with E-state index in [4.69, 9.17) is 11.6 Å². The highest BCUT2D eigenvalue weighted by Gasteiger charge is 2.16. The lowest BCUT2D eigenvalue weighted by atomic mass is 9.94. The third-order valence-electron chi connectivity index (χ3n) is 2.61. The minimum Gasteiger partial charge on any atom is -0.316 e. The Balaban J connectivity index is 2.07. The van der Waals surface area contributed by atoms with E-state index in [2.05, 4.69) is 24.4 Å². The second-order valence-electron chi connectivity index (χ2n) is 3.81. The summed E-state index contributed by atoms with van der Waals surface area (Å²) in [6.07, 6.45) is 1.19. The number of benzene rings is 1. The van der Waals surface area contributed by atoms with Gasteiger partial charge in [-0.15, -0.1) is 0 Å². The van der Waals surface area contributed by atoms with Gasteiger partial charge in [0.2, 0.25) is 0 Å². The fourth-order valence-electron chi connectivity index (χ4n) is 1.66. The molecular weight excluding hydrogens is 182 g/mol. The Morgan fingerprint density at radius 2 is 2.23 bits per heavy atom. The maximum atomic E-state index is 5.95. The van der Waals surface area contributed by atoms with Gasteiger partial charge < -0.3 is 5.32 Å². The van der Waals surface area contributed by atoms with Crippen molar-refractivity contribution in [1.82, 2.24) is 5.32 Å². The van der Waals surface area contributed by atoms with Crippen molar-refractivity contribution in [2.75, 3.05) is 13.1 Å². The van der Waals surface area contributed by atoms with Crippen LogP contribution in [0.15, 0.2) is 18.2 Å². The Kier molecular flexibility index (Phi) is 2.56. The van der Waals surface area contributed by atoms with E-state index in [9.17, 15) is 0 Å². The first-order valence-electron chi connectivity index (χ1n) is 4.71. The van der Waals surface area contributed by atoms with Gasteiger partial charge in [0.05, 0.1) is 0 Å². The molecule has 70 valence electrons. The van der Waals surface area contributed by atoms with Crippen molar-refractivity contribution in [2.24, 2.45) is 5.92 Å². The second kappa shape index (κ2) is 3.69. The van der Waals surface area contributed by atoms with E-state index in [-0.39, 0.29) is 0 Å². The Bertz CT molecular complexity index is 305. The molecule has 1 nitrogen and oxygen atoms in total. The fraction of sp³-hybridized carbons (Fsp3) is 0.455. The Morgan fingerprint density at radius 3 is 2.77 bits per heavy atom. The van der Waals surface area contributed by atoms with Crippen LogP contribution in [-0.2, 0) is 6.42 Å². The molecule has 1 aromatic carbocycles. The molecule has 0 amide bonds. The van der Waals surface area contributed by atoms with Crippen LogP contribution < -0.4 is 5.32 Å². The van der Waals surface area contributed by atoms with Crippen LogP contribution >= 0.6 is 11.6 Å². The van der Waals surface area contributed by atoms with Gasteiger partial charge >= 0.3 is 0 Å². The van der Waals surface area contributed by atoms with Gasteiger partial charge in [0.1, 0.15) is 0 Å². The molecule has 1 aliphatic rings. The van der Waals surface area contributed by atoms with Gasteiger partial charge in [-0.3, -0.25) is 0 Å². The van der Waals surface area contributed by atoms with Crippen molar-refractivity contribution in [3.63, 3.8) is 0 Å². The Morgan fingerprint density at radius 1 is 1.46 bits per heavy atom.